The van der Waals surface area contributed by atoms with Crippen molar-refractivity contribution in [1.82, 2.24) is 10.0 Å². The zero-order valence-electron chi connectivity index (χ0n) is 7.03. The molecule has 1 aliphatic carbocycles. The normalized spacial score (nSPS) is 36.7. The summed E-state index contributed by atoms with van der Waals surface area (Å²) in [4.78, 5) is 0. The molecule has 2 saturated heterocycles. The average Bonchev–Trinajstić information content (AvgIpc) is 2.60. The molecule has 2 bridgehead atoms. The minimum atomic E-state index is -3.37. The van der Waals surface area contributed by atoms with E-state index in [4.69, 9.17) is 5.26 Å². The summed E-state index contributed by atoms with van der Waals surface area (Å²) < 4.78 is 24.9. The fraction of sp³-hybridized carbons (Fsp3) is 0.857. The first-order valence-electron chi connectivity index (χ1n) is 4.23. The molecular weight excluding hydrogens is 190 g/mol. The van der Waals surface area contributed by atoms with E-state index in [-0.39, 0.29) is 6.04 Å². The second-order valence-electron chi connectivity index (χ2n) is 3.57. The van der Waals surface area contributed by atoms with E-state index in [9.17, 15) is 8.42 Å². The smallest absolute Gasteiger partial charge is 0.225 e. The van der Waals surface area contributed by atoms with Gasteiger partial charge in [-0.25, -0.2) is 13.1 Å². The highest BCUT2D eigenvalue weighted by molar-refractivity contribution is 7.89. The summed E-state index contributed by atoms with van der Waals surface area (Å²) in [5.74, 6) is -0.0124. The van der Waals surface area contributed by atoms with Crippen LogP contribution < -0.4 is 10.0 Å². The summed E-state index contributed by atoms with van der Waals surface area (Å²) in [5, 5.41) is 11.5. The third-order valence-electron chi connectivity index (χ3n) is 2.71. The summed E-state index contributed by atoms with van der Waals surface area (Å²) in [6, 6.07) is 1.96. The predicted octanol–water partition coefficient (Wildman–Crippen LogP) is -1.21. The van der Waals surface area contributed by atoms with E-state index in [2.05, 4.69) is 10.0 Å². The Morgan fingerprint density at radius 3 is 2.85 bits per heavy atom. The number of nitrogens with zero attached hydrogens (tertiary/aromatic N) is 1. The zero-order valence-corrected chi connectivity index (χ0v) is 7.84. The van der Waals surface area contributed by atoms with Gasteiger partial charge in [-0.05, 0) is 18.9 Å². The molecule has 0 aromatic heterocycles. The predicted molar refractivity (Wildman–Crippen MR) is 46.2 cm³/mol. The lowest BCUT2D eigenvalue weighted by Crippen LogP contribution is -2.54. The Labute approximate surface area is 77.2 Å². The van der Waals surface area contributed by atoms with E-state index in [1.54, 1.807) is 6.07 Å². The topological polar surface area (TPSA) is 82.0 Å². The molecule has 2 heterocycles. The molecule has 5 nitrogen and oxygen atoms in total. The van der Waals surface area contributed by atoms with Crippen LogP contribution in [0.5, 0.6) is 0 Å². The maximum absolute atomic E-state index is 11.2. The first-order valence-corrected chi connectivity index (χ1v) is 5.88. The van der Waals surface area contributed by atoms with Crippen LogP contribution in [0.2, 0.25) is 0 Å². The molecule has 3 aliphatic rings. The molecule has 2 aliphatic heterocycles. The number of nitrogens with one attached hydrogen (secondary N) is 2. The van der Waals surface area contributed by atoms with Gasteiger partial charge in [0.25, 0.3) is 0 Å². The summed E-state index contributed by atoms with van der Waals surface area (Å²) in [6.07, 6.45) is 1.06. The van der Waals surface area contributed by atoms with Gasteiger partial charge in [-0.2, -0.15) is 5.26 Å². The van der Waals surface area contributed by atoms with Gasteiger partial charge in [0.1, 0.15) is 0 Å². The highest BCUT2D eigenvalue weighted by atomic mass is 32.2. The van der Waals surface area contributed by atoms with E-state index in [0.717, 1.165) is 13.0 Å². The Kier molecular flexibility index (Phi) is 2.02. The molecule has 0 aromatic carbocycles. The average molecular weight is 201 g/mol. The Morgan fingerprint density at radius 1 is 1.62 bits per heavy atom. The van der Waals surface area contributed by atoms with E-state index in [1.807, 2.05) is 0 Å². The summed E-state index contributed by atoms with van der Waals surface area (Å²) >= 11 is 0. The molecule has 3 unspecified atom stereocenters. The molecule has 0 amide bonds. The molecule has 0 aromatic rings. The van der Waals surface area contributed by atoms with Crippen molar-refractivity contribution in [2.45, 2.75) is 18.5 Å². The van der Waals surface area contributed by atoms with Crippen molar-refractivity contribution in [2.75, 3.05) is 12.3 Å². The quantitative estimate of drug-likeness (QED) is 0.600. The maximum Gasteiger partial charge on any atom is 0.225 e. The number of sulfonamides is 1. The van der Waals surface area contributed by atoms with E-state index >= 15 is 0 Å². The Morgan fingerprint density at radius 2 is 2.38 bits per heavy atom. The number of hydrogen-bond donors (Lipinski definition) is 2. The summed E-state index contributed by atoms with van der Waals surface area (Å²) in [5.41, 5.74) is 0. The molecule has 2 N–H and O–H groups in total. The monoisotopic (exact) mass is 201 g/mol. The lowest BCUT2D eigenvalue weighted by atomic mass is 9.81. The van der Waals surface area contributed by atoms with Crippen molar-refractivity contribution in [3.8, 4) is 6.07 Å². The molecule has 3 rings (SSSR count). The van der Waals surface area contributed by atoms with Crippen molar-refractivity contribution in [1.29, 1.82) is 5.26 Å². The van der Waals surface area contributed by atoms with Gasteiger partial charge >= 0.3 is 0 Å². The molecule has 13 heavy (non-hydrogen) atoms. The Bertz CT molecular complexity index is 331. The van der Waals surface area contributed by atoms with Crippen LogP contribution in [-0.2, 0) is 10.0 Å². The molecule has 0 spiro atoms. The summed E-state index contributed by atoms with van der Waals surface area (Å²) in [6.45, 7) is 0.893. The third kappa shape index (κ3) is 1.55. The van der Waals surface area contributed by atoms with Crippen LogP contribution in [0.4, 0.5) is 0 Å². The lowest BCUT2D eigenvalue weighted by Gasteiger charge is -2.34. The fourth-order valence-electron chi connectivity index (χ4n) is 1.99. The maximum atomic E-state index is 11.2. The SMILES string of the molecule is N#CCS(=O)(=O)NC1C2CNC1C2. The molecular formula is C7H11N3O2S. The van der Waals surface area contributed by atoms with Crippen molar-refractivity contribution < 1.29 is 8.42 Å². The van der Waals surface area contributed by atoms with Crippen LogP contribution in [0.3, 0.4) is 0 Å². The summed E-state index contributed by atoms with van der Waals surface area (Å²) in [7, 11) is -3.37. The first-order chi connectivity index (χ1) is 6.12. The van der Waals surface area contributed by atoms with Crippen LogP contribution in [-0.4, -0.2) is 32.8 Å². The van der Waals surface area contributed by atoms with Gasteiger partial charge in [-0.15, -0.1) is 0 Å². The van der Waals surface area contributed by atoms with Gasteiger partial charge in [0, 0.05) is 12.1 Å². The highest BCUT2D eigenvalue weighted by Crippen LogP contribution is 2.34. The minimum absolute atomic E-state index is 0.0262. The van der Waals surface area contributed by atoms with E-state index in [0.29, 0.717) is 12.0 Å². The molecule has 3 fully saturated rings. The fourth-order valence-corrected chi connectivity index (χ4v) is 3.01. The number of fused-ring (bicyclic) bond motifs is 1. The lowest BCUT2D eigenvalue weighted by molar-refractivity contribution is 0.281. The highest BCUT2D eigenvalue weighted by Gasteiger charge is 2.48. The number of nitriles is 1. The van der Waals surface area contributed by atoms with E-state index in [1.165, 1.54) is 0 Å². The van der Waals surface area contributed by atoms with Crippen LogP contribution in [0.1, 0.15) is 6.42 Å². The van der Waals surface area contributed by atoms with Crippen LogP contribution in [0.15, 0.2) is 0 Å². The van der Waals surface area contributed by atoms with Gasteiger partial charge in [0.15, 0.2) is 5.75 Å². The number of hydrogen-bond acceptors (Lipinski definition) is 4. The molecule has 6 heteroatoms. The molecule has 3 atom stereocenters. The van der Waals surface area contributed by atoms with Crippen LogP contribution in [0.25, 0.3) is 0 Å². The molecule has 0 radical (unpaired) electrons. The van der Waals surface area contributed by atoms with Gasteiger partial charge in [0.05, 0.1) is 6.07 Å². The van der Waals surface area contributed by atoms with Crippen molar-refractivity contribution in [3.05, 3.63) is 0 Å². The zero-order chi connectivity index (χ0) is 9.47. The largest absolute Gasteiger partial charge is 0.312 e. The van der Waals surface area contributed by atoms with Crippen LogP contribution >= 0.6 is 0 Å². The molecule has 72 valence electrons. The van der Waals surface area contributed by atoms with Crippen molar-refractivity contribution in [3.63, 3.8) is 0 Å². The second-order valence-corrected chi connectivity index (χ2v) is 5.33. The number of rotatable bonds is 3. The minimum Gasteiger partial charge on any atom is -0.312 e. The Hall–Kier alpha value is -0.640. The van der Waals surface area contributed by atoms with Gasteiger partial charge < -0.3 is 5.32 Å². The standard InChI is InChI=1S/C7H11N3O2S/c8-1-2-13(11,12)10-7-5-3-6(7)9-4-5/h5-7,9-10H,2-4H2. The van der Waals surface area contributed by atoms with Crippen LogP contribution in [0, 0.1) is 17.2 Å². The third-order valence-corrected chi connectivity index (χ3v) is 3.85. The van der Waals surface area contributed by atoms with Gasteiger partial charge in [-0.3, -0.25) is 0 Å². The Balaban J connectivity index is 1.96. The molecule has 1 saturated carbocycles. The first kappa shape index (κ1) is 8.94. The van der Waals surface area contributed by atoms with Crippen molar-refractivity contribution >= 4 is 10.0 Å². The van der Waals surface area contributed by atoms with Gasteiger partial charge in [-0.1, -0.05) is 0 Å². The second kappa shape index (κ2) is 2.94. The van der Waals surface area contributed by atoms with Gasteiger partial charge in [0.2, 0.25) is 10.0 Å². The van der Waals surface area contributed by atoms with E-state index < -0.39 is 15.8 Å². The van der Waals surface area contributed by atoms with Crippen molar-refractivity contribution in [2.24, 2.45) is 5.92 Å².